The number of rotatable bonds is 10. The molecule has 0 radical (unpaired) electrons. The predicted molar refractivity (Wildman–Crippen MR) is 169 cm³/mol. The largest absolute Gasteiger partial charge is 0.457 e. The SMILES string of the molecule is CCCCc1c2c(cc(NC(=O)c3ccccc3Oc3ccccc3)c1N1CCC1)-c1ccccc1C2C(=O)NCC(F)(F)F. The zero-order chi connectivity index (χ0) is 31.6. The smallest absolute Gasteiger partial charge is 0.405 e. The molecule has 2 amide bonds. The third-order valence-electron chi connectivity index (χ3n) is 8.32. The molecule has 1 aliphatic heterocycles. The summed E-state index contributed by atoms with van der Waals surface area (Å²) in [6.45, 7) is 2.21. The number of hydrogen-bond donors (Lipinski definition) is 2. The summed E-state index contributed by atoms with van der Waals surface area (Å²) in [4.78, 5) is 29.7. The van der Waals surface area contributed by atoms with Gasteiger partial charge in [-0.15, -0.1) is 0 Å². The number of benzene rings is 4. The number of carbonyl (C=O) groups is 2. The lowest BCUT2D eigenvalue weighted by atomic mass is 9.87. The van der Waals surface area contributed by atoms with Gasteiger partial charge in [0.2, 0.25) is 5.91 Å². The van der Waals surface area contributed by atoms with Crippen molar-refractivity contribution in [1.82, 2.24) is 5.32 Å². The summed E-state index contributed by atoms with van der Waals surface area (Å²) in [7, 11) is 0. The molecule has 9 heteroatoms. The monoisotopic (exact) mass is 613 g/mol. The lowest BCUT2D eigenvalue weighted by molar-refractivity contribution is -0.138. The van der Waals surface area contributed by atoms with E-state index >= 15 is 0 Å². The molecule has 1 aliphatic carbocycles. The van der Waals surface area contributed by atoms with Crippen LogP contribution in [-0.2, 0) is 11.2 Å². The van der Waals surface area contributed by atoms with E-state index in [4.69, 9.17) is 4.74 Å². The van der Waals surface area contributed by atoms with Gasteiger partial charge in [-0.05, 0) is 77.4 Å². The number of anilines is 2. The molecular weight excluding hydrogens is 579 g/mol. The topological polar surface area (TPSA) is 70.7 Å². The first-order valence-corrected chi connectivity index (χ1v) is 15.3. The standard InChI is InChI=1S/C36H34F3N3O3/c1-2-3-14-27-31-28(24-15-7-8-16-25(24)32(31)35(44)40-22-36(37,38)39)21-29(33(27)42-19-11-20-42)41-34(43)26-17-9-10-18-30(26)45-23-12-5-4-6-13-23/h4-10,12-13,15-18,21,32H,2-3,11,14,19-20,22H2,1H3,(H,40,44)(H,41,43). The molecule has 4 aromatic rings. The minimum Gasteiger partial charge on any atom is -0.457 e. The fourth-order valence-corrected chi connectivity index (χ4v) is 6.16. The first kappa shape index (κ1) is 30.2. The third kappa shape index (κ3) is 6.25. The van der Waals surface area contributed by atoms with E-state index in [0.717, 1.165) is 60.3 Å². The number of nitrogens with zero attached hydrogens (tertiary/aromatic N) is 1. The van der Waals surface area contributed by atoms with Gasteiger partial charge < -0.3 is 20.3 Å². The molecule has 6 nitrogen and oxygen atoms in total. The summed E-state index contributed by atoms with van der Waals surface area (Å²) in [5.41, 5.74) is 5.57. The van der Waals surface area contributed by atoms with Crippen molar-refractivity contribution in [3.8, 4) is 22.6 Å². The van der Waals surface area contributed by atoms with E-state index in [1.54, 1.807) is 36.4 Å². The van der Waals surface area contributed by atoms with Crippen LogP contribution in [0.4, 0.5) is 24.5 Å². The molecule has 0 bridgehead atoms. The highest BCUT2D eigenvalue weighted by atomic mass is 19.4. The van der Waals surface area contributed by atoms with E-state index < -0.39 is 24.5 Å². The molecule has 45 heavy (non-hydrogen) atoms. The fraction of sp³-hybridized carbons (Fsp3) is 0.278. The molecule has 2 N–H and O–H groups in total. The van der Waals surface area contributed by atoms with Crippen molar-refractivity contribution in [1.29, 1.82) is 0 Å². The van der Waals surface area contributed by atoms with Crippen molar-refractivity contribution in [2.75, 3.05) is 29.9 Å². The van der Waals surface area contributed by atoms with E-state index in [9.17, 15) is 22.8 Å². The quantitative estimate of drug-likeness (QED) is 0.190. The minimum atomic E-state index is -4.53. The Labute approximate surface area is 260 Å². The maximum atomic E-state index is 13.9. The van der Waals surface area contributed by atoms with Crippen molar-refractivity contribution in [3.63, 3.8) is 0 Å². The van der Waals surface area contributed by atoms with Crippen molar-refractivity contribution in [2.24, 2.45) is 0 Å². The van der Waals surface area contributed by atoms with Crippen LogP contribution < -0.4 is 20.3 Å². The second-order valence-electron chi connectivity index (χ2n) is 11.4. The second kappa shape index (κ2) is 12.7. The van der Waals surface area contributed by atoms with Crippen LogP contribution in [0.2, 0.25) is 0 Å². The molecule has 0 saturated carbocycles. The van der Waals surface area contributed by atoms with Crippen molar-refractivity contribution in [3.05, 3.63) is 107 Å². The number of alkyl halides is 3. The fourth-order valence-electron chi connectivity index (χ4n) is 6.16. The number of carbonyl (C=O) groups excluding carboxylic acids is 2. The van der Waals surface area contributed by atoms with Crippen LogP contribution in [0.15, 0.2) is 84.9 Å². The van der Waals surface area contributed by atoms with Crippen LogP contribution in [0.3, 0.4) is 0 Å². The number of amides is 2. The second-order valence-corrected chi connectivity index (χ2v) is 11.4. The van der Waals surface area contributed by atoms with Gasteiger partial charge in [-0.25, -0.2) is 0 Å². The van der Waals surface area contributed by atoms with Gasteiger partial charge in [-0.1, -0.05) is 67.9 Å². The van der Waals surface area contributed by atoms with E-state index in [1.807, 2.05) is 48.5 Å². The van der Waals surface area contributed by atoms with Gasteiger partial charge in [0.25, 0.3) is 5.91 Å². The molecule has 232 valence electrons. The van der Waals surface area contributed by atoms with Crippen LogP contribution in [-0.4, -0.2) is 37.6 Å². The molecule has 4 aromatic carbocycles. The average Bonchev–Trinajstić information content (AvgIpc) is 3.33. The number of nitrogens with one attached hydrogen (secondary N) is 2. The number of halogens is 3. The number of hydrogen-bond acceptors (Lipinski definition) is 4. The molecular formula is C36H34F3N3O3. The molecule has 1 atom stereocenters. The zero-order valence-corrected chi connectivity index (χ0v) is 24.9. The molecule has 1 saturated heterocycles. The van der Waals surface area contributed by atoms with Crippen molar-refractivity contribution in [2.45, 2.75) is 44.7 Å². The van der Waals surface area contributed by atoms with Crippen LogP contribution in [0.1, 0.15) is 59.2 Å². The average molecular weight is 614 g/mol. The summed E-state index contributed by atoms with van der Waals surface area (Å²) in [5, 5.41) is 5.30. The van der Waals surface area contributed by atoms with Gasteiger partial charge in [0, 0.05) is 13.1 Å². The Morgan fingerprint density at radius 2 is 1.64 bits per heavy atom. The van der Waals surface area contributed by atoms with Crippen molar-refractivity contribution < 1.29 is 27.5 Å². The first-order valence-electron chi connectivity index (χ1n) is 15.3. The molecule has 0 spiro atoms. The molecule has 1 fully saturated rings. The van der Waals surface area contributed by atoms with Gasteiger partial charge in [-0.3, -0.25) is 9.59 Å². The van der Waals surface area contributed by atoms with Gasteiger partial charge in [0.15, 0.2) is 0 Å². The predicted octanol–water partition coefficient (Wildman–Crippen LogP) is 8.07. The first-order chi connectivity index (χ1) is 21.7. The minimum absolute atomic E-state index is 0.351. The van der Waals surface area contributed by atoms with E-state index in [0.29, 0.717) is 34.7 Å². The van der Waals surface area contributed by atoms with E-state index in [2.05, 4.69) is 22.5 Å². The third-order valence-corrected chi connectivity index (χ3v) is 8.32. The number of fused-ring (bicyclic) bond motifs is 3. The Bertz CT molecular complexity index is 1720. The maximum Gasteiger partial charge on any atom is 0.405 e. The molecule has 1 heterocycles. The number of unbranched alkanes of at least 4 members (excludes halogenated alkanes) is 1. The summed E-state index contributed by atoms with van der Waals surface area (Å²) in [6, 6.07) is 25.5. The van der Waals surface area contributed by atoms with Crippen LogP contribution in [0.5, 0.6) is 11.5 Å². The highest BCUT2D eigenvalue weighted by molar-refractivity contribution is 6.09. The Balaban J connectivity index is 1.46. The molecule has 1 unspecified atom stereocenters. The van der Waals surface area contributed by atoms with E-state index in [1.165, 1.54) is 0 Å². The molecule has 0 aromatic heterocycles. The summed E-state index contributed by atoms with van der Waals surface area (Å²) >= 11 is 0. The van der Waals surface area contributed by atoms with Crippen LogP contribution >= 0.6 is 0 Å². The van der Waals surface area contributed by atoms with Crippen LogP contribution in [0.25, 0.3) is 11.1 Å². The van der Waals surface area contributed by atoms with E-state index in [-0.39, 0.29) is 5.91 Å². The Kier molecular flexibility index (Phi) is 8.52. The van der Waals surface area contributed by atoms with Crippen molar-refractivity contribution >= 4 is 23.2 Å². The lowest BCUT2D eigenvalue weighted by Gasteiger charge is -2.38. The summed E-state index contributed by atoms with van der Waals surface area (Å²) in [6.07, 6.45) is -1.25. The number of para-hydroxylation sites is 2. The molecule has 2 aliphatic rings. The van der Waals surface area contributed by atoms with Gasteiger partial charge >= 0.3 is 6.18 Å². The normalized spacial score (nSPS) is 15.1. The Morgan fingerprint density at radius 1 is 0.933 bits per heavy atom. The van der Waals surface area contributed by atoms with Crippen LogP contribution in [0, 0.1) is 0 Å². The van der Waals surface area contributed by atoms with Gasteiger partial charge in [0.05, 0.1) is 22.9 Å². The lowest BCUT2D eigenvalue weighted by Crippen LogP contribution is -2.39. The summed E-state index contributed by atoms with van der Waals surface area (Å²) < 4.78 is 45.5. The van der Waals surface area contributed by atoms with Gasteiger partial charge in [0.1, 0.15) is 18.0 Å². The maximum absolute atomic E-state index is 13.9. The summed E-state index contributed by atoms with van der Waals surface area (Å²) in [5.74, 6) is -0.920. The van der Waals surface area contributed by atoms with Gasteiger partial charge in [-0.2, -0.15) is 13.2 Å². The number of ether oxygens (including phenoxy) is 1. The highest BCUT2D eigenvalue weighted by Gasteiger charge is 2.40. The zero-order valence-electron chi connectivity index (χ0n) is 24.9. The molecule has 6 rings (SSSR count). The highest BCUT2D eigenvalue weighted by Crippen LogP contribution is 2.52. The Hall–Kier alpha value is -4.79. The Morgan fingerprint density at radius 3 is 2.36 bits per heavy atom.